The van der Waals surface area contributed by atoms with E-state index in [1.165, 1.54) is 70.6 Å². The highest BCUT2D eigenvalue weighted by Gasteiger charge is 2.43. The summed E-state index contributed by atoms with van der Waals surface area (Å²) >= 11 is 0. The summed E-state index contributed by atoms with van der Waals surface area (Å²) in [5.41, 5.74) is 1.23. The van der Waals surface area contributed by atoms with E-state index in [1.54, 1.807) is 0 Å². The van der Waals surface area contributed by atoms with Crippen LogP contribution in [0.25, 0.3) is 0 Å². The van der Waals surface area contributed by atoms with Crippen molar-refractivity contribution in [2.24, 2.45) is 11.8 Å². The molecule has 2 aliphatic rings. The Morgan fingerprint density at radius 2 is 1.19 bits per heavy atom. The monoisotopic (exact) mass is 378 g/mol. The lowest BCUT2D eigenvalue weighted by atomic mass is 9.83. The molecule has 2 heterocycles. The van der Waals surface area contributed by atoms with E-state index in [4.69, 9.17) is 0 Å². The Morgan fingerprint density at radius 3 is 1.78 bits per heavy atom. The summed E-state index contributed by atoms with van der Waals surface area (Å²) in [5, 5.41) is 7.71. The van der Waals surface area contributed by atoms with Crippen LogP contribution in [0.15, 0.2) is 0 Å². The lowest BCUT2D eigenvalue weighted by molar-refractivity contribution is 0.258. The third-order valence-electron chi connectivity index (χ3n) is 7.26. The first-order valence-electron chi connectivity index (χ1n) is 11.9. The molecule has 2 heteroatoms. The molecular weight excluding hydrogens is 328 g/mol. The molecule has 0 amide bonds. The Balaban J connectivity index is 1.59. The van der Waals surface area contributed by atoms with E-state index in [1.807, 2.05) is 0 Å². The van der Waals surface area contributed by atoms with E-state index in [2.05, 4.69) is 66.0 Å². The maximum absolute atomic E-state index is 3.88. The lowest BCUT2D eigenvalue weighted by Gasteiger charge is -2.35. The lowest BCUT2D eigenvalue weighted by Crippen LogP contribution is -2.50. The Labute approximate surface area is 171 Å². The van der Waals surface area contributed by atoms with Crippen LogP contribution in [-0.4, -0.2) is 22.2 Å². The normalized spacial score (nSPS) is 31.6. The zero-order valence-electron chi connectivity index (χ0n) is 19.9. The number of hydrogen-bond acceptors (Lipinski definition) is 2. The molecule has 0 aliphatic carbocycles. The first kappa shape index (κ1) is 23.2. The fourth-order valence-corrected chi connectivity index (χ4v) is 6.38. The van der Waals surface area contributed by atoms with Crippen molar-refractivity contribution in [1.82, 2.24) is 10.6 Å². The van der Waals surface area contributed by atoms with Crippen molar-refractivity contribution >= 4 is 0 Å². The molecule has 0 saturated carbocycles. The molecule has 0 spiro atoms. The molecule has 160 valence electrons. The predicted octanol–water partition coefficient (Wildman–Crippen LogP) is 6.83. The summed E-state index contributed by atoms with van der Waals surface area (Å²) in [6.45, 7) is 19.1. The molecule has 0 aromatic carbocycles. The molecule has 0 aromatic rings. The summed E-state index contributed by atoms with van der Waals surface area (Å²) in [7, 11) is 0. The Bertz CT molecular complexity index is 461. The van der Waals surface area contributed by atoms with Crippen LogP contribution in [0.5, 0.6) is 0 Å². The molecule has 2 saturated heterocycles. The summed E-state index contributed by atoms with van der Waals surface area (Å²) in [6.07, 6.45) is 15.4. The van der Waals surface area contributed by atoms with Gasteiger partial charge in [0.1, 0.15) is 0 Å². The van der Waals surface area contributed by atoms with Gasteiger partial charge >= 0.3 is 0 Å². The van der Waals surface area contributed by atoms with Gasteiger partial charge in [-0.05, 0) is 99.3 Å². The molecule has 2 N–H and O–H groups in total. The molecule has 2 rings (SSSR count). The molecule has 2 unspecified atom stereocenters. The average Bonchev–Trinajstić information content (AvgIpc) is 2.61. The number of hydrogen-bond donors (Lipinski definition) is 2. The van der Waals surface area contributed by atoms with Crippen molar-refractivity contribution in [2.45, 2.75) is 148 Å². The van der Waals surface area contributed by atoms with Crippen LogP contribution in [0.4, 0.5) is 0 Å². The summed E-state index contributed by atoms with van der Waals surface area (Å²) < 4.78 is 0. The fraction of sp³-hybridized carbons (Fsp3) is 1.00. The third-order valence-corrected chi connectivity index (χ3v) is 7.26. The van der Waals surface area contributed by atoms with Gasteiger partial charge in [0.05, 0.1) is 0 Å². The van der Waals surface area contributed by atoms with E-state index in [0.29, 0.717) is 22.2 Å². The molecule has 2 aliphatic heterocycles. The SMILES string of the molecule is CC1(C)CCC(CCCCCCCC2CC(C)(C)NC2(C)C)CC(C)(C)N1. The van der Waals surface area contributed by atoms with Gasteiger partial charge in [0.2, 0.25) is 0 Å². The van der Waals surface area contributed by atoms with Gasteiger partial charge in [0, 0.05) is 22.2 Å². The van der Waals surface area contributed by atoms with Crippen LogP contribution in [0, 0.1) is 11.8 Å². The van der Waals surface area contributed by atoms with Crippen LogP contribution in [-0.2, 0) is 0 Å². The van der Waals surface area contributed by atoms with Crippen LogP contribution < -0.4 is 10.6 Å². The minimum absolute atomic E-state index is 0.292. The van der Waals surface area contributed by atoms with Gasteiger partial charge in [0.25, 0.3) is 0 Å². The molecular formula is C25H50N2. The minimum atomic E-state index is 0.292. The molecule has 0 radical (unpaired) electrons. The predicted molar refractivity (Wildman–Crippen MR) is 120 cm³/mol. The molecule has 2 nitrogen and oxygen atoms in total. The van der Waals surface area contributed by atoms with Crippen molar-refractivity contribution in [3.63, 3.8) is 0 Å². The number of nitrogens with one attached hydrogen (secondary N) is 2. The van der Waals surface area contributed by atoms with Gasteiger partial charge in [-0.3, -0.25) is 0 Å². The van der Waals surface area contributed by atoms with Gasteiger partial charge in [-0.25, -0.2) is 0 Å². The Hall–Kier alpha value is -0.0800. The van der Waals surface area contributed by atoms with Crippen LogP contribution in [0.2, 0.25) is 0 Å². The van der Waals surface area contributed by atoms with E-state index in [9.17, 15) is 0 Å². The van der Waals surface area contributed by atoms with E-state index in [0.717, 1.165) is 11.8 Å². The van der Waals surface area contributed by atoms with E-state index < -0.39 is 0 Å². The quantitative estimate of drug-likeness (QED) is 0.452. The van der Waals surface area contributed by atoms with E-state index >= 15 is 0 Å². The Morgan fingerprint density at radius 1 is 0.630 bits per heavy atom. The largest absolute Gasteiger partial charge is 0.307 e. The number of rotatable bonds is 8. The zero-order valence-corrected chi connectivity index (χ0v) is 19.9. The maximum Gasteiger partial charge on any atom is 0.0158 e. The number of unbranched alkanes of at least 4 members (excludes halogenated alkanes) is 4. The summed E-state index contributed by atoms with van der Waals surface area (Å²) in [4.78, 5) is 0. The highest BCUT2D eigenvalue weighted by atomic mass is 15.1. The highest BCUT2D eigenvalue weighted by Crippen LogP contribution is 2.39. The second-order valence-electron chi connectivity index (χ2n) is 12.5. The van der Waals surface area contributed by atoms with E-state index in [-0.39, 0.29) is 0 Å². The second kappa shape index (κ2) is 8.74. The first-order valence-corrected chi connectivity index (χ1v) is 11.9. The van der Waals surface area contributed by atoms with Crippen molar-refractivity contribution in [1.29, 1.82) is 0 Å². The Kier molecular flexibility index (Phi) is 7.51. The van der Waals surface area contributed by atoms with Gasteiger partial charge in [0.15, 0.2) is 0 Å². The van der Waals surface area contributed by atoms with Crippen LogP contribution in [0.3, 0.4) is 0 Å². The molecule has 0 aromatic heterocycles. The third kappa shape index (κ3) is 7.69. The molecule has 0 bridgehead atoms. The average molecular weight is 379 g/mol. The second-order valence-corrected chi connectivity index (χ2v) is 12.5. The molecule has 2 fully saturated rings. The zero-order chi connectivity index (χ0) is 20.3. The standard InChI is InChI=1S/C25H50N2/c1-22(2)17-16-20(18-23(3,4)26-22)14-12-10-9-11-13-15-21-19-24(5,6)27-25(21,7)8/h20-21,26-27H,9-19H2,1-8H3. The van der Waals surface area contributed by atoms with Crippen molar-refractivity contribution in [2.75, 3.05) is 0 Å². The maximum atomic E-state index is 3.88. The van der Waals surface area contributed by atoms with Crippen LogP contribution in [0.1, 0.15) is 126 Å². The van der Waals surface area contributed by atoms with Crippen molar-refractivity contribution in [3.05, 3.63) is 0 Å². The highest BCUT2D eigenvalue weighted by molar-refractivity contribution is 5.02. The molecule has 27 heavy (non-hydrogen) atoms. The fourth-order valence-electron chi connectivity index (χ4n) is 6.38. The van der Waals surface area contributed by atoms with Gasteiger partial charge < -0.3 is 10.6 Å². The first-order chi connectivity index (χ1) is 12.3. The van der Waals surface area contributed by atoms with Crippen LogP contribution >= 0.6 is 0 Å². The van der Waals surface area contributed by atoms with Gasteiger partial charge in [-0.2, -0.15) is 0 Å². The minimum Gasteiger partial charge on any atom is -0.307 e. The summed E-state index contributed by atoms with van der Waals surface area (Å²) in [6, 6.07) is 0. The van der Waals surface area contributed by atoms with Gasteiger partial charge in [-0.15, -0.1) is 0 Å². The summed E-state index contributed by atoms with van der Waals surface area (Å²) in [5.74, 6) is 1.76. The van der Waals surface area contributed by atoms with Crippen molar-refractivity contribution in [3.8, 4) is 0 Å². The smallest absolute Gasteiger partial charge is 0.0158 e. The van der Waals surface area contributed by atoms with Gasteiger partial charge in [-0.1, -0.05) is 38.5 Å². The van der Waals surface area contributed by atoms with Crippen molar-refractivity contribution < 1.29 is 0 Å². The topological polar surface area (TPSA) is 24.1 Å². The molecule has 2 atom stereocenters.